The molecule has 0 amide bonds. The van der Waals surface area contributed by atoms with Gasteiger partial charge < -0.3 is 4.74 Å². The first kappa shape index (κ1) is 13.6. The minimum atomic E-state index is -0.355. The predicted molar refractivity (Wildman–Crippen MR) is 65.6 cm³/mol. The van der Waals surface area contributed by atoms with Gasteiger partial charge in [-0.1, -0.05) is 20.8 Å². The van der Waals surface area contributed by atoms with Gasteiger partial charge in [0.25, 0.3) is 0 Å². The number of aromatic nitrogens is 2. The molecule has 1 unspecified atom stereocenters. The van der Waals surface area contributed by atoms with Gasteiger partial charge in [0.15, 0.2) is 0 Å². The molecule has 0 radical (unpaired) electrons. The molecule has 0 aliphatic rings. The van der Waals surface area contributed by atoms with Crippen molar-refractivity contribution < 1.29 is 9.53 Å². The largest absolute Gasteiger partial charge is 0.468 e. The summed E-state index contributed by atoms with van der Waals surface area (Å²) in [6.07, 6.45) is 3.26. The monoisotopic (exact) mass is 236 g/mol. The second-order valence-electron chi connectivity index (χ2n) is 4.49. The molecule has 0 saturated heterocycles. The van der Waals surface area contributed by atoms with Crippen molar-refractivity contribution in [2.24, 2.45) is 5.92 Å². The van der Waals surface area contributed by atoms with E-state index < -0.39 is 0 Å². The molecule has 1 heterocycles. The van der Waals surface area contributed by atoms with Crippen LogP contribution in [-0.2, 0) is 16.0 Å². The Balaban J connectivity index is 2.92. The van der Waals surface area contributed by atoms with Gasteiger partial charge in [0.2, 0.25) is 0 Å². The molecule has 0 N–H and O–H groups in total. The topological polar surface area (TPSA) is 52.1 Å². The molecule has 0 spiro atoms. The average Bonchev–Trinajstić information content (AvgIpc) is 2.29. The molecule has 1 rings (SSSR count). The lowest BCUT2D eigenvalue weighted by molar-refractivity contribution is -0.142. The fourth-order valence-corrected chi connectivity index (χ4v) is 1.71. The quantitative estimate of drug-likeness (QED) is 0.736. The SMILES string of the molecule is CCC(C(=O)OC)c1nccc(CC(C)C)n1. The van der Waals surface area contributed by atoms with E-state index in [2.05, 4.69) is 23.8 Å². The predicted octanol–water partition coefficient (Wildman–Crippen LogP) is 2.34. The molecular formula is C13H20N2O2. The van der Waals surface area contributed by atoms with Crippen LogP contribution in [0.25, 0.3) is 0 Å². The Bertz CT molecular complexity index is 377. The van der Waals surface area contributed by atoms with E-state index >= 15 is 0 Å². The van der Waals surface area contributed by atoms with Gasteiger partial charge in [-0.2, -0.15) is 0 Å². The van der Waals surface area contributed by atoms with E-state index in [1.165, 1.54) is 7.11 Å². The third kappa shape index (κ3) is 3.80. The summed E-state index contributed by atoms with van der Waals surface area (Å²) in [4.78, 5) is 20.2. The second-order valence-corrected chi connectivity index (χ2v) is 4.49. The number of hydrogen-bond acceptors (Lipinski definition) is 4. The van der Waals surface area contributed by atoms with Crippen molar-refractivity contribution in [3.63, 3.8) is 0 Å². The summed E-state index contributed by atoms with van der Waals surface area (Å²) in [7, 11) is 1.39. The first-order valence-corrected chi connectivity index (χ1v) is 5.98. The molecular weight excluding hydrogens is 216 g/mol. The van der Waals surface area contributed by atoms with Crippen LogP contribution >= 0.6 is 0 Å². The Morgan fingerprint density at radius 1 is 1.47 bits per heavy atom. The van der Waals surface area contributed by atoms with Crippen LogP contribution in [0.4, 0.5) is 0 Å². The molecule has 1 aromatic rings. The van der Waals surface area contributed by atoms with Gasteiger partial charge in [0.05, 0.1) is 7.11 Å². The molecule has 0 aliphatic heterocycles. The highest BCUT2D eigenvalue weighted by atomic mass is 16.5. The number of methoxy groups -OCH3 is 1. The number of nitrogens with zero attached hydrogens (tertiary/aromatic N) is 2. The van der Waals surface area contributed by atoms with Crippen LogP contribution in [0, 0.1) is 5.92 Å². The highest BCUT2D eigenvalue weighted by Crippen LogP contribution is 2.17. The summed E-state index contributed by atoms with van der Waals surface area (Å²) in [6, 6.07) is 1.90. The lowest BCUT2D eigenvalue weighted by atomic mass is 10.0. The number of carbonyl (C=O) groups excluding carboxylic acids is 1. The van der Waals surface area contributed by atoms with E-state index in [9.17, 15) is 4.79 Å². The van der Waals surface area contributed by atoms with Crippen LogP contribution in [0.2, 0.25) is 0 Å². The molecule has 17 heavy (non-hydrogen) atoms. The fraction of sp³-hybridized carbons (Fsp3) is 0.615. The summed E-state index contributed by atoms with van der Waals surface area (Å²) in [5, 5.41) is 0. The molecule has 4 nitrogen and oxygen atoms in total. The van der Waals surface area contributed by atoms with Crippen LogP contribution in [0.3, 0.4) is 0 Å². The van der Waals surface area contributed by atoms with Crippen molar-refractivity contribution in [3.8, 4) is 0 Å². The van der Waals surface area contributed by atoms with E-state index in [0.717, 1.165) is 12.1 Å². The van der Waals surface area contributed by atoms with Gasteiger partial charge in [0.1, 0.15) is 11.7 Å². The molecule has 1 atom stereocenters. The van der Waals surface area contributed by atoms with E-state index in [1.54, 1.807) is 6.20 Å². The number of ether oxygens (including phenoxy) is 1. The first-order chi connectivity index (χ1) is 8.08. The summed E-state index contributed by atoms with van der Waals surface area (Å²) in [5.74, 6) is 0.481. The van der Waals surface area contributed by atoms with E-state index in [0.29, 0.717) is 18.2 Å². The maximum atomic E-state index is 11.6. The van der Waals surface area contributed by atoms with E-state index in [1.807, 2.05) is 13.0 Å². The van der Waals surface area contributed by atoms with Crippen molar-refractivity contribution in [1.29, 1.82) is 0 Å². The Labute approximate surface area is 102 Å². The highest BCUT2D eigenvalue weighted by Gasteiger charge is 2.22. The van der Waals surface area contributed by atoms with Crippen molar-refractivity contribution in [3.05, 3.63) is 23.8 Å². The summed E-state index contributed by atoms with van der Waals surface area (Å²) in [5.41, 5.74) is 0.979. The molecule has 94 valence electrons. The zero-order valence-corrected chi connectivity index (χ0v) is 10.9. The summed E-state index contributed by atoms with van der Waals surface area (Å²) in [6.45, 7) is 6.21. The molecule has 1 aromatic heterocycles. The Morgan fingerprint density at radius 2 is 2.18 bits per heavy atom. The number of hydrogen-bond donors (Lipinski definition) is 0. The van der Waals surface area contributed by atoms with Crippen molar-refractivity contribution in [1.82, 2.24) is 9.97 Å². The first-order valence-electron chi connectivity index (χ1n) is 5.98. The smallest absolute Gasteiger partial charge is 0.316 e. The highest BCUT2D eigenvalue weighted by molar-refractivity contribution is 5.76. The molecule has 4 heteroatoms. The standard InChI is InChI=1S/C13H20N2O2/c1-5-11(13(16)17-4)12-14-7-6-10(15-12)8-9(2)3/h6-7,9,11H,5,8H2,1-4H3. The lowest BCUT2D eigenvalue weighted by Crippen LogP contribution is -2.17. The number of rotatable bonds is 5. The molecule has 0 aromatic carbocycles. The van der Waals surface area contributed by atoms with Crippen molar-refractivity contribution >= 4 is 5.97 Å². The van der Waals surface area contributed by atoms with Gasteiger partial charge in [-0.25, -0.2) is 9.97 Å². The zero-order valence-electron chi connectivity index (χ0n) is 10.9. The minimum Gasteiger partial charge on any atom is -0.468 e. The molecule has 0 bridgehead atoms. The number of esters is 1. The van der Waals surface area contributed by atoms with Gasteiger partial charge in [-0.05, 0) is 24.8 Å². The van der Waals surface area contributed by atoms with Crippen LogP contribution in [0.1, 0.15) is 44.6 Å². The molecule has 0 saturated carbocycles. The second kappa shape index (κ2) is 6.33. The third-order valence-corrected chi connectivity index (χ3v) is 2.55. The maximum absolute atomic E-state index is 11.6. The Morgan fingerprint density at radius 3 is 2.71 bits per heavy atom. The Kier molecular flexibility index (Phi) is 5.07. The maximum Gasteiger partial charge on any atom is 0.316 e. The summed E-state index contributed by atoms with van der Waals surface area (Å²) < 4.78 is 4.76. The van der Waals surface area contributed by atoms with Crippen molar-refractivity contribution in [2.75, 3.05) is 7.11 Å². The fourth-order valence-electron chi connectivity index (χ4n) is 1.71. The average molecular weight is 236 g/mol. The van der Waals surface area contributed by atoms with Gasteiger partial charge in [-0.3, -0.25) is 4.79 Å². The van der Waals surface area contributed by atoms with Gasteiger partial charge in [-0.15, -0.1) is 0 Å². The van der Waals surface area contributed by atoms with Gasteiger partial charge in [0, 0.05) is 11.9 Å². The van der Waals surface area contributed by atoms with Gasteiger partial charge >= 0.3 is 5.97 Å². The third-order valence-electron chi connectivity index (χ3n) is 2.55. The molecule has 0 aliphatic carbocycles. The summed E-state index contributed by atoms with van der Waals surface area (Å²) >= 11 is 0. The van der Waals surface area contributed by atoms with Crippen LogP contribution in [0.5, 0.6) is 0 Å². The van der Waals surface area contributed by atoms with E-state index in [-0.39, 0.29) is 11.9 Å². The Hall–Kier alpha value is -1.45. The minimum absolute atomic E-state index is 0.269. The molecule has 0 fully saturated rings. The lowest BCUT2D eigenvalue weighted by Gasteiger charge is -2.12. The van der Waals surface area contributed by atoms with Crippen LogP contribution in [0.15, 0.2) is 12.3 Å². The van der Waals surface area contributed by atoms with Crippen LogP contribution in [-0.4, -0.2) is 23.0 Å². The van der Waals surface area contributed by atoms with Crippen molar-refractivity contribution in [2.45, 2.75) is 39.5 Å². The number of carbonyl (C=O) groups is 1. The van der Waals surface area contributed by atoms with E-state index in [4.69, 9.17) is 4.74 Å². The van der Waals surface area contributed by atoms with Crippen LogP contribution < -0.4 is 0 Å². The normalized spacial score (nSPS) is 12.5. The zero-order chi connectivity index (χ0) is 12.8.